The van der Waals surface area contributed by atoms with E-state index >= 15 is 0 Å². The summed E-state index contributed by atoms with van der Waals surface area (Å²) in [5.41, 5.74) is 0. The summed E-state index contributed by atoms with van der Waals surface area (Å²) in [6, 6.07) is 8.11. The third-order valence-corrected chi connectivity index (χ3v) is 4.06. The van der Waals surface area contributed by atoms with Gasteiger partial charge in [0.15, 0.2) is 0 Å². The van der Waals surface area contributed by atoms with Gasteiger partial charge in [-0.2, -0.15) is 0 Å². The highest BCUT2D eigenvalue weighted by molar-refractivity contribution is 9.10. The Bertz CT molecular complexity index is 459. The second-order valence-electron chi connectivity index (χ2n) is 2.73. The quantitative estimate of drug-likeness (QED) is 0.764. The highest BCUT2D eigenvalue weighted by atomic mass is 79.9. The fourth-order valence-corrected chi connectivity index (χ4v) is 2.46. The number of hydrogen-bond acceptors (Lipinski definition) is 3. The Morgan fingerprint density at radius 1 is 1.07 bits per heavy atom. The number of nitrogens with zero attached hydrogens (tertiary/aromatic N) is 2. The maximum Gasteiger partial charge on any atom is 0.118 e. The smallest absolute Gasteiger partial charge is 0.118 e. The van der Waals surface area contributed by atoms with Gasteiger partial charge in [0.2, 0.25) is 0 Å². The maximum absolute atomic E-state index is 4.19. The summed E-state index contributed by atoms with van der Waals surface area (Å²) in [6.07, 6.45) is 3.29. The maximum atomic E-state index is 4.19. The molecule has 1 aromatic heterocycles. The molecule has 0 spiro atoms. The van der Waals surface area contributed by atoms with Crippen molar-refractivity contribution in [2.45, 2.75) is 9.92 Å². The lowest BCUT2D eigenvalue weighted by Gasteiger charge is -2.02. The van der Waals surface area contributed by atoms with E-state index in [1.165, 1.54) is 0 Å². The third kappa shape index (κ3) is 3.03. The lowest BCUT2D eigenvalue weighted by Crippen LogP contribution is -1.83. The minimum Gasteiger partial charge on any atom is -0.244 e. The molecular formula is C10H6Br2N2S. The zero-order valence-electron chi connectivity index (χ0n) is 7.52. The topological polar surface area (TPSA) is 25.8 Å². The lowest BCUT2D eigenvalue weighted by atomic mass is 10.4. The highest BCUT2D eigenvalue weighted by Gasteiger charge is 2.03. The Kier molecular flexibility index (Phi) is 3.77. The first kappa shape index (κ1) is 11.1. The summed E-state index contributed by atoms with van der Waals surface area (Å²) in [5, 5.41) is 0.923. The number of rotatable bonds is 2. The van der Waals surface area contributed by atoms with Gasteiger partial charge < -0.3 is 0 Å². The van der Waals surface area contributed by atoms with Crippen molar-refractivity contribution in [2.24, 2.45) is 0 Å². The summed E-state index contributed by atoms with van der Waals surface area (Å²) in [4.78, 5) is 9.26. The molecule has 0 unspecified atom stereocenters. The molecule has 1 heterocycles. The molecule has 0 radical (unpaired) electrons. The molecule has 0 saturated carbocycles. The van der Waals surface area contributed by atoms with E-state index < -0.39 is 0 Å². The molecule has 0 amide bonds. The van der Waals surface area contributed by atoms with Crippen LogP contribution in [0.1, 0.15) is 0 Å². The van der Waals surface area contributed by atoms with Gasteiger partial charge in [0.25, 0.3) is 0 Å². The molecule has 2 rings (SSSR count). The lowest BCUT2D eigenvalue weighted by molar-refractivity contribution is 1.02. The van der Waals surface area contributed by atoms with Crippen molar-refractivity contribution < 1.29 is 0 Å². The van der Waals surface area contributed by atoms with E-state index in [0.717, 1.165) is 18.9 Å². The van der Waals surface area contributed by atoms with Crippen molar-refractivity contribution in [2.75, 3.05) is 0 Å². The Morgan fingerprint density at radius 3 is 2.47 bits per heavy atom. The van der Waals surface area contributed by atoms with E-state index in [1.54, 1.807) is 24.3 Å². The molecule has 0 aliphatic rings. The Hall–Kier alpha value is -0.390. The molecule has 76 valence electrons. The number of benzene rings is 1. The van der Waals surface area contributed by atoms with Crippen LogP contribution in [0.25, 0.3) is 0 Å². The van der Waals surface area contributed by atoms with Crippen molar-refractivity contribution in [1.82, 2.24) is 9.97 Å². The molecule has 0 saturated heterocycles. The second kappa shape index (κ2) is 5.09. The van der Waals surface area contributed by atoms with Crippen LogP contribution in [0.2, 0.25) is 0 Å². The molecule has 2 aromatic rings. The highest BCUT2D eigenvalue weighted by Crippen LogP contribution is 2.31. The second-order valence-corrected chi connectivity index (χ2v) is 5.56. The van der Waals surface area contributed by atoms with Crippen LogP contribution < -0.4 is 0 Å². The van der Waals surface area contributed by atoms with E-state index in [1.807, 2.05) is 24.3 Å². The van der Waals surface area contributed by atoms with E-state index in [4.69, 9.17) is 0 Å². The fourth-order valence-electron chi connectivity index (χ4n) is 0.991. The molecule has 15 heavy (non-hydrogen) atoms. The van der Waals surface area contributed by atoms with Crippen molar-refractivity contribution in [3.63, 3.8) is 0 Å². The van der Waals surface area contributed by atoms with Gasteiger partial charge in [-0.05, 0) is 40.2 Å². The van der Waals surface area contributed by atoms with Gasteiger partial charge in [-0.1, -0.05) is 27.7 Å². The zero-order valence-corrected chi connectivity index (χ0v) is 11.5. The first-order valence-corrected chi connectivity index (χ1v) is 6.55. The van der Waals surface area contributed by atoms with E-state index in [0.29, 0.717) is 0 Å². The van der Waals surface area contributed by atoms with Crippen molar-refractivity contribution >= 4 is 43.6 Å². The summed E-state index contributed by atoms with van der Waals surface area (Å²) < 4.78 is 1.99. The van der Waals surface area contributed by atoms with Crippen molar-refractivity contribution in [3.8, 4) is 0 Å². The van der Waals surface area contributed by atoms with Crippen LogP contribution in [0.15, 0.2) is 55.7 Å². The third-order valence-electron chi connectivity index (χ3n) is 1.66. The van der Waals surface area contributed by atoms with Gasteiger partial charge in [-0.15, -0.1) is 0 Å². The molecule has 0 fully saturated rings. The summed E-state index contributed by atoms with van der Waals surface area (Å²) in [6.45, 7) is 0. The van der Waals surface area contributed by atoms with Crippen LogP contribution in [0, 0.1) is 0 Å². The molecule has 2 nitrogen and oxygen atoms in total. The number of aromatic nitrogens is 2. The van der Waals surface area contributed by atoms with Gasteiger partial charge in [0, 0.05) is 15.6 Å². The van der Waals surface area contributed by atoms with Gasteiger partial charge in [-0.3, -0.25) is 0 Å². The minimum absolute atomic E-state index is 0.915. The Balaban J connectivity index is 2.22. The SMILES string of the molecule is Brc1ccc(Sc2ncncc2Br)cc1. The van der Waals surface area contributed by atoms with Crippen LogP contribution in [0.5, 0.6) is 0 Å². The van der Waals surface area contributed by atoms with Crippen LogP contribution in [-0.2, 0) is 0 Å². The van der Waals surface area contributed by atoms with E-state index in [-0.39, 0.29) is 0 Å². The van der Waals surface area contributed by atoms with Crippen molar-refractivity contribution in [1.29, 1.82) is 0 Å². The summed E-state index contributed by atoms with van der Waals surface area (Å²) in [7, 11) is 0. The largest absolute Gasteiger partial charge is 0.244 e. The predicted octanol–water partition coefficient (Wildman–Crippen LogP) is 4.15. The average molecular weight is 346 g/mol. The van der Waals surface area contributed by atoms with Crippen LogP contribution >= 0.6 is 43.6 Å². The molecule has 0 atom stereocenters. The molecule has 0 bridgehead atoms. The van der Waals surface area contributed by atoms with Crippen LogP contribution in [-0.4, -0.2) is 9.97 Å². The molecule has 0 aliphatic heterocycles. The first-order chi connectivity index (χ1) is 7.25. The molecule has 0 N–H and O–H groups in total. The Morgan fingerprint density at radius 2 is 1.80 bits per heavy atom. The van der Waals surface area contributed by atoms with Crippen molar-refractivity contribution in [3.05, 3.63) is 45.7 Å². The van der Waals surface area contributed by atoms with Gasteiger partial charge in [0.1, 0.15) is 11.4 Å². The van der Waals surface area contributed by atoms with Crippen LogP contribution in [0.4, 0.5) is 0 Å². The minimum atomic E-state index is 0.915. The number of hydrogen-bond donors (Lipinski definition) is 0. The van der Waals surface area contributed by atoms with E-state index in [9.17, 15) is 0 Å². The van der Waals surface area contributed by atoms with Gasteiger partial charge in [0.05, 0.1) is 4.47 Å². The standard InChI is InChI=1S/C10H6Br2N2S/c11-7-1-3-8(4-2-7)15-10-9(12)5-13-6-14-10/h1-6H. The summed E-state index contributed by atoms with van der Waals surface area (Å²) in [5.74, 6) is 0. The average Bonchev–Trinajstić information content (AvgIpc) is 2.25. The zero-order chi connectivity index (χ0) is 10.7. The molecular weight excluding hydrogens is 340 g/mol. The normalized spacial score (nSPS) is 10.3. The van der Waals surface area contributed by atoms with Gasteiger partial charge in [-0.25, -0.2) is 9.97 Å². The van der Waals surface area contributed by atoms with Crippen LogP contribution in [0.3, 0.4) is 0 Å². The number of halogens is 2. The fraction of sp³-hybridized carbons (Fsp3) is 0. The predicted molar refractivity (Wildman–Crippen MR) is 68.0 cm³/mol. The monoisotopic (exact) mass is 344 g/mol. The summed E-state index contributed by atoms with van der Waals surface area (Å²) >= 11 is 8.42. The van der Waals surface area contributed by atoms with Gasteiger partial charge >= 0.3 is 0 Å². The molecule has 1 aromatic carbocycles. The molecule has 0 aliphatic carbocycles. The van der Waals surface area contributed by atoms with E-state index in [2.05, 4.69) is 41.8 Å². The first-order valence-electron chi connectivity index (χ1n) is 4.14. The Labute approximate surface area is 109 Å². The molecule has 5 heteroatoms.